The highest BCUT2D eigenvalue weighted by atomic mass is 14.1. The molecule has 0 saturated carbocycles. The summed E-state index contributed by atoms with van der Waals surface area (Å²) in [5, 5.41) is 0. The molecule has 0 rings (SSSR count). The minimum absolute atomic E-state index is 0.932. The maximum absolute atomic E-state index is 2.39. The third-order valence-electron chi connectivity index (χ3n) is 2.55. The van der Waals surface area contributed by atoms with Crippen molar-refractivity contribution in [2.75, 3.05) is 0 Å². The van der Waals surface area contributed by atoms with E-state index in [0.29, 0.717) is 0 Å². The predicted molar refractivity (Wildman–Crippen MR) is 52.8 cm³/mol. The summed E-state index contributed by atoms with van der Waals surface area (Å²) < 4.78 is 0. The summed E-state index contributed by atoms with van der Waals surface area (Å²) in [5.41, 5.74) is 0. The molecular formula is C11H24. The van der Waals surface area contributed by atoms with Gasteiger partial charge in [0.15, 0.2) is 0 Å². The summed E-state index contributed by atoms with van der Waals surface area (Å²) in [6, 6.07) is 0. The monoisotopic (exact) mass is 156 g/mol. The van der Waals surface area contributed by atoms with E-state index in [0.717, 1.165) is 11.8 Å². The number of unbranched alkanes of at least 4 members (excludes halogenated alkanes) is 1. The molecule has 0 spiro atoms. The van der Waals surface area contributed by atoms with Gasteiger partial charge in [-0.05, 0) is 18.3 Å². The van der Waals surface area contributed by atoms with Crippen LogP contribution in [0.25, 0.3) is 0 Å². The second-order valence-corrected chi connectivity index (χ2v) is 4.00. The quantitative estimate of drug-likeness (QED) is 0.539. The first-order chi connectivity index (χ1) is 5.20. The van der Waals surface area contributed by atoms with Gasteiger partial charge in [-0.3, -0.25) is 0 Å². The highest BCUT2D eigenvalue weighted by Gasteiger charge is 2.05. The van der Waals surface area contributed by atoms with E-state index in [2.05, 4.69) is 27.7 Å². The van der Waals surface area contributed by atoms with Crippen molar-refractivity contribution in [3.8, 4) is 0 Å². The Morgan fingerprint density at radius 3 is 2.09 bits per heavy atom. The Kier molecular flexibility index (Phi) is 6.69. The fraction of sp³-hybridized carbons (Fsp3) is 1.00. The molecule has 0 aliphatic carbocycles. The van der Waals surface area contributed by atoms with Gasteiger partial charge in [0.05, 0.1) is 0 Å². The molecule has 0 radical (unpaired) electrons. The lowest BCUT2D eigenvalue weighted by molar-refractivity contribution is 0.379. The van der Waals surface area contributed by atoms with Crippen LogP contribution >= 0.6 is 0 Å². The van der Waals surface area contributed by atoms with Crippen LogP contribution in [0, 0.1) is 11.8 Å². The Balaban J connectivity index is 3.27. The van der Waals surface area contributed by atoms with Gasteiger partial charge in [-0.2, -0.15) is 0 Å². The van der Waals surface area contributed by atoms with Crippen molar-refractivity contribution < 1.29 is 0 Å². The van der Waals surface area contributed by atoms with Gasteiger partial charge >= 0.3 is 0 Å². The van der Waals surface area contributed by atoms with Gasteiger partial charge in [0.2, 0.25) is 0 Å². The molecule has 0 aliphatic rings. The number of hydrogen-bond acceptors (Lipinski definition) is 0. The third-order valence-corrected chi connectivity index (χ3v) is 2.55. The van der Waals surface area contributed by atoms with Crippen molar-refractivity contribution in [1.82, 2.24) is 0 Å². The third kappa shape index (κ3) is 6.40. The van der Waals surface area contributed by atoms with Crippen LogP contribution < -0.4 is 0 Å². The fourth-order valence-corrected chi connectivity index (χ4v) is 1.52. The van der Waals surface area contributed by atoms with Crippen molar-refractivity contribution in [2.24, 2.45) is 11.8 Å². The molecule has 0 aromatic heterocycles. The topological polar surface area (TPSA) is 0 Å². The second-order valence-electron chi connectivity index (χ2n) is 4.00. The van der Waals surface area contributed by atoms with Crippen molar-refractivity contribution in [3.63, 3.8) is 0 Å². The minimum atomic E-state index is 0.932. The molecule has 0 aromatic rings. The first kappa shape index (κ1) is 11.0. The predicted octanol–water partition coefficient (Wildman–Crippen LogP) is 4.25. The van der Waals surface area contributed by atoms with Gasteiger partial charge in [0.25, 0.3) is 0 Å². The van der Waals surface area contributed by atoms with E-state index in [-0.39, 0.29) is 0 Å². The van der Waals surface area contributed by atoms with Gasteiger partial charge in [-0.15, -0.1) is 0 Å². The molecule has 2 atom stereocenters. The van der Waals surface area contributed by atoms with Gasteiger partial charge in [0.1, 0.15) is 0 Å². The first-order valence-corrected chi connectivity index (χ1v) is 5.20. The SMILES string of the molecule is CCCC[C@H](C)C[C@H](C)CC. The van der Waals surface area contributed by atoms with Crippen LogP contribution in [0.5, 0.6) is 0 Å². The maximum atomic E-state index is 2.39. The molecule has 0 fully saturated rings. The lowest BCUT2D eigenvalue weighted by atomic mass is 9.92. The van der Waals surface area contributed by atoms with Gasteiger partial charge in [-0.1, -0.05) is 53.4 Å². The summed E-state index contributed by atoms with van der Waals surface area (Å²) >= 11 is 0. The molecule has 0 saturated heterocycles. The van der Waals surface area contributed by atoms with Crippen LogP contribution in [0.3, 0.4) is 0 Å². The summed E-state index contributed by atoms with van der Waals surface area (Å²) in [4.78, 5) is 0. The van der Waals surface area contributed by atoms with Crippen LogP contribution in [-0.2, 0) is 0 Å². The molecule has 0 unspecified atom stereocenters. The Bertz CT molecular complexity index is 76.1. The summed E-state index contributed by atoms with van der Waals surface area (Å²) in [7, 11) is 0. The molecule has 11 heavy (non-hydrogen) atoms. The van der Waals surface area contributed by atoms with Crippen LogP contribution in [-0.4, -0.2) is 0 Å². The van der Waals surface area contributed by atoms with Crippen LogP contribution in [0.15, 0.2) is 0 Å². The average Bonchev–Trinajstić information content (AvgIpc) is 2.00. The zero-order valence-corrected chi connectivity index (χ0v) is 8.69. The highest BCUT2D eigenvalue weighted by Crippen LogP contribution is 2.19. The van der Waals surface area contributed by atoms with E-state index in [1.165, 1.54) is 32.1 Å². The Morgan fingerprint density at radius 2 is 1.64 bits per heavy atom. The largest absolute Gasteiger partial charge is 0.0654 e. The molecule has 0 aromatic carbocycles. The van der Waals surface area contributed by atoms with Crippen LogP contribution in [0.2, 0.25) is 0 Å². The molecule has 0 heterocycles. The molecule has 0 bridgehead atoms. The fourth-order valence-electron chi connectivity index (χ4n) is 1.52. The van der Waals surface area contributed by atoms with Gasteiger partial charge < -0.3 is 0 Å². The Labute approximate surface area is 72.4 Å². The van der Waals surface area contributed by atoms with Crippen molar-refractivity contribution in [2.45, 2.75) is 59.8 Å². The van der Waals surface area contributed by atoms with Crippen molar-refractivity contribution in [3.05, 3.63) is 0 Å². The molecule has 0 aliphatic heterocycles. The van der Waals surface area contributed by atoms with E-state index in [4.69, 9.17) is 0 Å². The lowest BCUT2D eigenvalue weighted by Crippen LogP contribution is -2.01. The highest BCUT2D eigenvalue weighted by molar-refractivity contribution is 4.57. The van der Waals surface area contributed by atoms with Gasteiger partial charge in [-0.25, -0.2) is 0 Å². The Morgan fingerprint density at radius 1 is 1.00 bits per heavy atom. The summed E-state index contributed by atoms with van der Waals surface area (Å²) in [6.07, 6.45) is 6.97. The van der Waals surface area contributed by atoms with E-state index in [1.54, 1.807) is 0 Å². The van der Waals surface area contributed by atoms with Crippen molar-refractivity contribution in [1.29, 1.82) is 0 Å². The van der Waals surface area contributed by atoms with E-state index in [9.17, 15) is 0 Å². The van der Waals surface area contributed by atoms with Crippen molar-refractivity contribution >= 4 is 0 Å². The zero-order chi connectivity index (χ0) is 8.69. The summed E-state index contributed by atoms with van der Waals surface area (Å²) in [5.74, 6) is 1.88. The first-order valence-electron chi connectivity index (χ1n) is 5.20. The maximum Gasteiger partial charge on any atom is -0.0440 e. The average molecular weight is 156 g/mol. The zero-order valence-electron chi connectivity index (χ0n) is 8.69. The second kappa shape index (κ2) is 6.69. The smallest absolute Gasteiger partial charge is 0.0440 e. The summed E-state index contributed by atoms with van der Waals surface area (Å²) in [6.45, 7) is 9.32. The van der Waals surface area contributed by atoms with E-state index < -0.39 is 0 Å². The van der Waals surface area contributed by atoms with E-state index >= 15 is 0 Å². The minimum Gasteiger partial charge on any atom is -0.0654 e. The Hall–Kier alpha value is 0. The molecular weight excluding hydrogens is 132 g/mol. The molecule has 0 amide bonds. The van der Waals surface area contributed by atoms with Gasteiger partial charge in [0, 0.05) is 0 Å². The number of hydrogen-bond donors (Lipinski definition) is 0. The molecule has 0 nitrogen and oxygen atoms in total. The normalized spacial score (nSPS) is 16.4. The van der Waals surface area contributed by atoms with Crippen LogP contribution in [0.1, 0.15) is 59.8 Å². The van der Waals surface area contributed by atoms with E-state index in [1.807, 2.05) is 0 Å². The molecule has 0 N–H and O–H groups in total. The lowest BCUT2D eigenvalue weighted by Gasteiger charge is -2.14. The van der Waals surface area contributed by atoms with Crippen LogP contribution in [0.4, 0.5) is 0 Å². The number of rotatable bonds is 6. The standard InChI is InChI=1S/C11H24/c1-5-7-8-11(4)9-10(3)6-2/h10-11H,5-9H2,1-4H3/t10-,11+/m1/s1. The molecule has 0 heteroatoms. The molecule has 68 valence electrons.